The monoisotopic (exact) mass is 329 g/mol. The van der Waals surface area contributed by atoms with E-state index in [1.807, 2.05) is 49.1 Å². The molecular weight excluding hydrogens is 302 g/mol. The van der Waals surface area contributed by atoms with E-state index in [4.69, 9.17) is 0 Å². The van der Waals surface area contributed by atoms with Gasteiger partial charge in [0.2, 0.25) is 5.91 Å². The van der Waals surface area contributed by atoms with Crippen LogP contribution in [0.1, 0.15) is 26.7 Å². The number of amides is 3. The van der Waals surface area contributed by atoms with Crippen molar-refractivity contribution in [3.63, 3.8) is 0 Å². The lowest BCUT2D eigenvalue weighted by atomic mass is 9.95. The first-order valence-corrected chi connectivity index (χ1v) is 8.55. The third kappa shape index (κ3) is 4.85. The Bertz CT molecular complexity index is 578. The normalized spacial score (nSPS) is 15.0. The molecule has 1 aromatic carbocycles. The molecule has 1 aliphatic heterocycles. The summed E-state index contributed by atoms with van der Waals surface area (Å²) in [5, 5.41) is 2.90. The molecule has 0 aromatic heterocycles. The Hall–Kier alpha value is -2.30. The van der Waals surface area contributed by atoms with Gasteiger partial charge in [0.15, 0.2) is 0 Å². The van der Waals surface area contributed by atoms with Gasteiger partial charge in [-0.15, -0.1) is 0 Å². The molecule has 5 nitrogen and oxygen atoms in total. The molecule has 1 saturated heterocycles. The number of benzene rings is 1. The quantitative estimate of drug-likeness (QED) is 0.842. The van der Waals surface area contributed by atoms with Crippen LogP contribution in [0.5, 0.6) is 0 Å². The van der Waals surface area contributed by atoms with Gasteiger partial charge in [-0.1, -0.05) is 30.4 Å². The average molecular weight is 329 g/mol. The van der Waals surface area contributed by atoms with E-state index in [9.17, 15) is 9.59 Å². The molecule has 2 rings (SSSR count). The number of anilines is 1. The second-order valence-electron chi connectivity index (χ2n) is 6.37. The van der Waals surface area contributed by atoms with Gasteiger partial charge in [-0.2, -0.15) is 0 Å². The molecule has 0 saturated carbocycles. The van der Waals surface area contributed by atoms with Crippen LogP contribution in [0.25, 0.3) is 0 Å². The number of nitrogens with one attached hydrogen (secondary N) is 1. The SMILES string of the molecule is C=C(C)CN(CC)C(=O)C1CCN(C(=O)Nc2ccccc2)CC1. The lowest BCUT2D eigenvalue weighted by Gasteiger charge is -2.34. The highest BCUT2D eigenvalue weighted by Gasteiger charge is 2.29. The van der Waals surface area contributed by atoms with Gasteiger partial charge in [-0.3, -0.25) is 4.79 Å². The molecule has 5 heteroatoms. The Morgan fingerprint density at radius 3 is 2.42 bits per heavy atom. The van der Waals surface area contributed by atoms with E-state index in [0.29, 0.717) is 39.0 Å². The molecule has 0 aliphatic carbocycles. The minimum absolute atomic E-state index is 0.00470. The molecule has 1 fully saturated rings. The van der Waals surface area contributed by atoms with E-state index in [1.54, 1.807) is 4.90 Å². The highest BCUT2D eigenvalue weighted by molar-refractivity contribution is 5.89. The van der Waals surface area contributed by atoms with E-state index < -0.39 is 0 Å². The summed E-state index contributed by atoms with van der Waals surface area (Å²) in [5.41, 5.74) is 1.78. The topological polar surface area (TPSA) is 52.7 Å². The van der Waals surface area contributed by atoms with Crippen LogP contribution in [-0.4, -0.2) is 47.9 Å². The van der Waals surface area contributed by atoms with E-state index in [0.717, 1.165) is 11.3 Å². The number of urea groups is 1. The smallest absolute Gasteiger partial charge is 0.321 e. The van der Waals surface area contributed by atoms with E-state index in [2.05, 4.69) is 11.9 Å². The number of likely N-dealkylation sites (tertiary alicyclic amines) is 1. The highest BCUT2D eigenvalue weighted by atomic mass is 16.2. The Morgan fingerprint density at radius 1 is 1.25 bits per heavy atom. The van der Waals surface area contributed by atoms with Gasteiger partial charge >= 0.3 is 6.03 Å². The summed E-state index contributed by atoms with van der Waals surface area (Å²) < 4.78 is 0. The Morgan fingerprint density at radius 2 is 1.88 bits per heavy atom. The Balaban J connectivity index is 1.85. The molecule has 3 amide bonds. The van der Waals surface area contributed by atoms with Gasteiger partial charge in [-0.25, -0.2) is 4.79 Å². The lowest BCUT2D eigenvalue weighted by molar-refractivity contribution is -0.136. The largest absolute Gasteiger partial charge is 0.339 e. The van der Waals surface area contributed by atoms with Crippen LogP contribution in [-0.2, 0) is 4.79 Å². The minimum Gasteiger partial charge on any atom is -0.339 e. The number of nitrogens with zero attached hydrogens (tertiary/aromatic N) is 2. The molecule has 1 aliphatic rings. The molecule has 1 aromatic rings. The van der Waals surface area contributed by atoms with Crippen molar-refractivity contribution < 1.29 is 9.59 Å². The first-order chi connectivity index (χ1) is 11.5. The van der Waals surface area contributed by atoms with Crippen molar-refractivity contribution in [3.05, 3.63) is 42.5 Å². The number of hydrogen-bond donors (Lipinski definition) is 1. The number of para-hydroxylation sites is 1. The maximum Gasteiger partial charge on any atom is 0.321 e. The van der Waals surface area contributed by atoms with Crippen LogP contribution >= 0.6 is 0 Å². The van der Waals surface area contributed by atoms with Crippen LogP contribution in [0, 0.1) is 5.92 Å². The first kappa shape index (κ1) is 18.0. The van der Waals surface area contributed by atoms with E-state index >= 15 is 0 Å². The summed E-state index contributed by atoms with van der Waals surface area (Å²) >= 11 is 0. The van der Waals surface area contributed by atoms with Gasteiger partial charge in [0.1, 0.15) is 0 Å². The van der Waals surface area contributed by atoms with Crippen LogP contribution in [0.4, 0.5) is 10.5 Å². The summed E-state index contributed by atoms with van der Waals surface area (Å²) in [7, 11) is 0. The zero-order chi connectivity index (χ0) is 17.5. The third-order valence-corrected chi connectivity index (χ3v) is 4.31. The van der Waals surface area contributed by atoms with Crippen LogP contribution in [0.2, 0.25) is 0 Å². The predicted molar refractivity (Wildman–Crippen MR) is 96.8 cm³/mol. The second-order valence-corrected chi connectivity index (χ2v) is 6.37. The molecule has 0 radical (unpaired) electrons. The van der Waals surface area contributed by atoms with E-state index in [-0.39, 0.29) is 17.9 Å². The van der Waals surface area contributed by atoms with Crippen molar-refractivity contribution in [2.75, 3.05) is 31.5 Å². The van der Waals surface area contributed by atoms with Gasteiger partial charge in [0.25, 0.3) is 0 Å². The standard InChI is InChI=1S/C19H27N3O2/c1-4-21(14-15(2)3)18(23)16-10-12-22(13-11-16)19(24)20-17-8-6-5-7-9-17/h5-9,16H,2,4,10-14H2,1,3H3,(H,20,24). The Labute approximate surface area is 144 Å². The van der Waals surface area contributed by atoms with Crippen LogP contribution in [0.3, 0.4) is 0 Å². The predicted octanol–water partition coefficient (Wildman–Crippen LogP) is 3.36. The van der Waals surface area contributed by atoms with E-state index in [1.165, 1.54) is 0 Å². The molecule has 0 unspecified atom stereocenters. The first-order valence-electron chi connectivity index (χ1n) is 8.55. The number of likely N-dealkylation sites (N-methyl/N-ethyl adjacent to an activating group) is 1. The van der Waals surface area contributed by atoms with Crippen molar-refractivity contribution in [2.24, 2.45) is 5.92 Å². The van der Waals surface area contributed by atoms with Gasteiger partial charge < -0.3 is 15.1 Å². The summed E-state index contributed by atoms with van der Waals surface area (Å²) in [6.45, 7) is 10.3. The van der Waals surface area contributed by atoms with Crippen molar-refractivity contribution in [1.82, 2.24) is 9.80 Å². The van der Waals surface area contributed by atoms with Crippen molar-refractivity contribution in [1.29, 1.82) is 0 Å². The molecule has 24 heavy (non-hydrogen) atoms. The number of carbonyl (C=O) groups is 2. The maximum atomic E-state index is 12.6. The second kappa shape index (κ2) is 8.52. The number of carbonyl (C=O) groups excluding carboxylic acids is 2. The zero-order valence-electron chi connectivity index (χ0n) is 14.6. The fourth-order valence-electron chi connectivity index (χ4n) is 2.98. The fraction of sp³-hybridized carbons (Fsp3) is 0.474. The minimum atomic E-state index is -0.0959. The number of hydrogen-bond acceptors (Lipinski definition) is 2. The molecule has 0 spiro atoms. The number of piperidine rings is 1. The van der Waals surface area contributed by atoms with Gasteiger partial charge in [0.05, 0.1) is 0 Å². The van der Waals surface area contributed by atoms with Gasteiger partial charge in [0, 0.05) is 37.8 Å². The third-order valence-electron chi connectivity index (χ3n) is 4.31. The van der Waals surface area contributed by atoms with Crippen molar-refractivity contribution in [3.8, 4) is 0 Å². The fourth-order valence-corrected chi connectivity index (χ4v) is 2.98. The number of rotatable bonds is 5. The van der Waals surface area contributed by atoms with Crippen molar-refractivity contribution >= 4 is 17.6 Å². The maximum absolute atomic E-state index is 12.6. The summed E-state index contributed by atoms with van der Waals surface area (Å²) in [6, 6.07) is 9.33. The zero-order valence-corrected chi connectivity index (χ0v) is 14.6. The van der Waals surface area contributed by atoms with Crippen LogP contribution < -0.4 is 5.32 Å². The van der Waals surface area contributed by atoms with Crippen molar-refractivity contribution in [2.45, 2.75) is 26.7 Å². The summed E-state index contributed by atoms with van der Waals surface area (Å²) in [6.07, 6.45) is 1.43. The summed E-state index contributed by atoms with van der Waals surface area (Å²) in [4.78, 5) is 28.5. The lowest BCUT2D eigenvalue weighted by Crippen LogP contribution is -2.45. The molecule has 0 atom stereocenters. The summed E-state index contributed by atoms with van der Waals surface area (Å²) in [5.74, 6) is 0.189. The molecule has 1 N–H and O–H groups in total. The molecule has 0 bridgehead atoms. The molecule has 130 valence electrons. The molecule has 1 heterocycles. The Kier molecular flexibility index (Phi) is 6.41. The average Bonchev–Trinajstić information content (AvgIpc) is 2.60. The highest BCUT2D eigenvalue weighted by Crippen LogP contribution is 2.21. The molecular formula is C19H27N3O2. The van der Waals surface area contributed by atoms with Crippen LogP contribution in [0.15, 0.2) is 42.5 Å². The van der Waals surface area contributed by atoms with Gasteiger partial charge in [-0.05, 0) is 38.8 Å².